The number of pyridine rings is 1. The first-order valence-electron chi connectivity index (χ1n) is 7.69. The number of hydrogen-bond acceptors (Lipinski definition) is 3. The van der Waals surface area contributed by atoms with E-state index in [4.69, 9.17) is 0 Å². The number of alkyl halides is 3. The van der Waals surface area contributed by atoms with Gasteiger partial charge in [-0.3, -0.25) is 4.99 Å². The molecule has 0 unspecified atom stereocenters. The van der Waals surface area contributed by atoms with Crippen LogP contribution in [0.2, 0.25) is 0 Å². The van der Waals surface area contributed by atoms with E-state index in [-0.39, 0.29) is 11.7 Å². The summed E-state index contributed by atoms with van der Waals surface area (Å²) < 4.78 is 53.9. The van der Waals surface area contributed by atoms with Gasteiger partial charge in [0.1, 0.15) is 5.82 Å². The zero-order valence-corrected chi connectivity index (χ0v) is 14.0. The lowest BCUT2D eigenvalue weighted by Gasteiger charge is -2.12. The van der Waals surface area contributed by atoms with Crippen LogP contribution < -0.4 is 15.4 Å². The van der Waals surface area contributed by atoms with Gasteiger partial charge in [0.25, 0.3) is 0 Å². The number of rotatable bonds is 6. The maximum atomic E-state index is 13.1. The van der Waals surface area contributed by atoms with E-state index in [1.807, 2.05) is 0 Å². The molecule has 1 heterocycles. The highest BCUT2D eigenvalue weighted by Crippen LogP contribution is 2.17. The zero-order chi connectivity index (χ0) is 19.0. The van der Waals surface area contributed by atoms with E-state index >= 15 is 0 Å². The first-order valence-corrected chi connectivity index (χ1v) is 7.69. The number of aromatic nitrogens is 1. The molecule has 2 rings (SSSR count). The molecule has 26 heavy (non-hydrogen) atoms. The summed E-state index contributed by atoms with van der Waals surface area (Å²) in [4.78, 5) is 7.87. The van der Waals surface area contributed by atoms with Crippen molar-refractivity contribution in [1.82, 2.24) is 15.6 Å². The van der Waals surface area contributed by atoms with Gasteiger partial charge in [0, 0.05) is 32.4 Å². The molecule has 2 aromatic rings. The normalized spacial score (nSPS) is 12.0. The molecule has 0 saturated carbocycles. The monoisotopic (exact) mass is 370 g/mol. The fraction of sp³-hybridized carbons (Fsp3) is 0.294. The van der Waals surface area contributed by atoms with Gasteiger partial charge in [-0.1, -0.05) is 18.2 Å². The third-order valence-corrected chi connectivity index (χ3v) is 3.21. The first kappa shape index (κ1) is 19.5. The highest BCUT2D eigenvalue weighted by atomic mass is 19.4. The van der Waals surface area contributed by atoms with Crippen molar-refractivity contribution in [3.63, 3.8) is 0 Å². The van der Waals surface area contributed by atoms with Gasteiger partial charge in [0.2, 0.25) is 5.88 Å². The number of ether oxygens (including phenoxy) is 1. The van der Waals surface area contributed by atoms with Gasteiger partial charge in [-0.05, 0) is 23.3 Å². The van der Waals surface area contributed by atoms with Crippen molar-refractivity contribution in [2.24, 2.45) is 4.99 Å². The van der Waals surface area contributed by atoms with Gasteiger partial charge in [-0.15, -0.1) is 0 Å². The second-order valence-electron chi connectivity index (χ2n) is 5.32. The molecule has 1 aromatic heterocycles. The summed E-state index contributed by atoms with van der Waals surface area (Å²) in [5, 5.41) is 6.06. The lowest BCUT2D eigenvalue weighted by Crippen LogP contribution is -2.36. The van der Waals surface area contributed by atoms with Crippen LogP contribution in [0, 0.1) is 5.82 Å². The smallest absolute Gasteiger partial charge is 0.422 e. The van der Waals surface area contributed by atoms with Gasteiger partial charge in [0.05, 0.1) is 0 Å². The predicted molar refractivity (Wildman–Crippen MR) is 89.2 cm³/mol. The lowest BCUT2D eigenvalue weighted by molar-refractivity contribution is -0.154. The third-order valence-electron chi connectivity index (χ3n) is 3.21. The number of halogens is 4. The minimum Gasteiger partial charge on any atom is -0.468 e. The molecular formula is C17H18F4N4O. The predicted octanol–water partition coefficient (Wildman–Crippen LogP) is 3.03. The summed E-state index contributed by atoms with van der Waals surface area (Å²) >= 11 is 0. The van der Waals surface area contributed by atoms with Crippen molar-refractivity contribution < 1.29 is 22.3 Å². The Balaban J connectivity index is 1.80. The van der Waals surface area contributed by atoms with Gasteiger partial charge in [-0.25, -0.2) is 9.37 Å². The number of guanidine groups is 1. The van der Waals surface area contributed by atoms with E-state index in [1.54, 1.807) is 25.2 Å². The Labute approximate surface area is 148 Å². The van der Waals surface area contributed by atoms with E-state index < -0.39 is 12.8 Å². The second kappa shape index (κ2) is 9.02. The quantitative estimate of drug-likeness (QED) is 0.466. The van der Waals surface area contributed by atoms with Crippen LogP contribution in [0.25, 0.3) is 0 Å². The van der Waals surface area contributed by atoms with Gasteiger partial charge in [-0.2, -0.15) is 13.2 Å². The molecule has 0 fully saturated rings. The molecule has 0 aliphatic heterocycles. The molecule has 1 aromatic carbocycles. The second-order valence-corrected chi connectivity index (χ2v) is 5.32. The molecule has 0 aliphatic carbocycles. The zero-order valence-electron chi connectivity index (χ0n) is 14.0. The van der Waals surface area contributed by atoms with Crippen LogP contribution in [0.15, 0.2) is 47.6 Å². The van der Waals surface area contributed by atoms with Crippen molar-refractivity contribution >= 4 is 5.96 Å². The summed E-state index contributed by atoms with van der Waals surface area (Å²) in [6.07, 6.45) is -2.99. The summed E-state index contributed by atoms with van der Waals surface area (Å²) in [6.45, 7) is -0.635. The highest BCUT2D eigenvalue weighted by Gasteiger charge is 2.28. The number of hydrogen-bond donors (Lipinski definition) is 2. The SMILES string of the molecule is CN=C(NCc1ccc(OCC(F)(F)F)nc1)NCc1cccc(F)c1. The average Bonchev–Trinajstić information content (AvgIpc) is 2.60. The highest BCUT2D eigenvalue weighted by molar-refractivity contribution is 5.79. The maximum Gasteiger partial charge on any atom is 0.422 e. The van der Waals surface area contributed by atoms with E-state index in [1.165, 1.54) is 24.4 Å². The van der Waals surface area contributed by atoms with Crippen LogP contribution in [-0.2, 0) is 13.1 Å². The molecule has 0 amide bonds. The minimum absolute atomic E-state index is 0.0975. The topological polar surface area (TPSA) is 58.5 Å². The van der Waals surface area contributed by atoms with Crippen molar-refractivity contribution in [3.05, 3.63) is 59.5 Å². The van der Waals surface area contributed by atoms with Crippen molar-refractivity contribution in [1.29, 1.82) is 0 Å². The Bertz CT molecular complexity index is 732. The van der Waals surface area contributed by atoms with E-state index in [9.17, 15) is 17.6 Å². The Hall–Kier alpha value is -2.84. The molecule has 0 atom stereocenters. The lowest BCUT2D eigenvalue weighted by atomic mass is 10.2. The summed E-state index contributed by atoms with van der Waals surface area (Å²) in [6, 6.07) is 9.16. The van der Waals surface area contributed by atoms with Gasteiger partial charge < -0.3 is 15.4 Å². The van der Waals surface area contributed by atoms with Crippen molar-refractivity contribution in [2.75, 3.05) is 13.7 Å². The molecule has 0 aliphatic rings. The Morgan fingerprint density at radius 1 is 1.12 bits per heavy atom. The first-order chi connectivity index (χ1) is 12.4. The summed E-state index contributed by atoms with van der Waals surface area (Å²) in [5.74, 6) is 0.0810. The van der Waals surface area contributed by atoms with Crippen molar-refractivity contribution in [2.45, 2.75) is 19.3 Å². The summed E-state index contributed by atoms with van der Waals surface area (Å²) in [7, 11) is 1.59. The molecule has 0 bridgehead atoms. The van der Waals surface area contributed by atoms with E-state index in [0.717, 1.165) is 11.1 Å². The summed E-state index contributed by atoms with van der Waals surface area (Å²) in [5.41, 5.74) is 1.50. The Kier molecular flexibility index (Phi) is 6.76. The van der Waals surface area contributed by atoms with Crippen molar-refractivity contribution in [3.8, 4) is 5.88 Å². The fourth-order valence-electron chi connectivity index (χ4n) is 2.00. The minimum atomic E-state index is -4.40. The number of benzene rings is 1. The van der Waals surface area contributed by atoms with Gasteiger partial charge in [0.15, 0.2) is 12.6 Å². The third kappa shape index (κ3) is 6.96. The largest absolute Gasteiger partial charge is 0.468 e. The van der Waals surface area contributed by atoms with E-state index in [0.29, 0.717) is 19.0 Å². The van der Waals surface area contributed by atoms with Crippen LogP contribution in [-0.4, -0.2) is 30.8 Å². The van der Waals surface area contributed by atoms with Crippen LogP contribution in [0.3, 0.4) is 0 Å². The molecule has 5 nitrogen and oxygen atoms in total. The molecule has 0 saturated heterocycles. The fourth-order valence-corrected chi connectivity index (χ4v) is 2.00. The van der Waals surface area contributed by atoms with E-state index in [2.05, 4.69) is 25.3 Å². The molecule has 2 N–H and O–H groups in total. The number of aliphatic imine (C=N–C) groups is 1. The van der Waals surface area contributed by atoms with Crippen LogP contribution in [0.4, 0.5) is 17.6 Å². The number of nitrogens with one attached hydrogen (secondary N) is 2. The number of nitrogens with zero attached hydrogens (tertiary/aromatic N) is 2. The van der Waals surface area contributed by atoms with Crippen LogP contribution >= 0.6 is 0 Å². The van der Waals surface area contributed by atoms with Crippen LogP contribution in [0.1, 0.15) is 11.1 Å². The molecule has 0 spiro atoms. The molecule has 9 heteroatoms. The molecule has 0 radical (unpaired) electrons. The Morgan fingerprint density at radius 3 is 2.42 bits per heavy atom. The maximum absolute atomic E-state index is 13.1. The Morgan fingerprint density at radius 2 is 1.85 bits per heavy atom. The van der Waals surface area contributed by atoms with Gasteiger partial charge >= 0.3 is 6.18 Å². The molecular weight excluding hydrogens is 352 g/mol. The molecule has 140 valence electrons. The van der Waals surface area contributed by atoms with Crippen LogP contribution in [0.5, 0.6) is 5.88 Å². The standard InChI is InChI=1S/C17H18F4N4O/c1-22-16(24-8-12-3-2-4-14(18)7-12)25-10-13-5-6-15(23-9-13)26-11-17(19,20)21/h2-7,9H,8,10-11H2,1H3,(H2,22,24,25). The average molecular weight is 370 g/mol.